The van der Waals surface area contributed by atoms with E-state index in [1.165, 1.54) is 32.1 Å². The highest BCUT2D eigenvalue weighted by Gasteiger charge is 2.20. The lowest BCUT2D eigenvalue weighted by molar-refractivity contribution is -0.143. The zero-order valence-electron chi connectivity index (χ0n) is 10.0. The number of carbonyl (C=O) groups is 2. The van der Waals surface area contributed by atoms with Gasteiger partial charge in [0.05, 0.1) is 6.61 Å². The Hall–Kier alpha value is -1.10. The van der Waals surface area contributed by atoms with Crippen LogP contribution in [-0.2, 0) is 9.59 Å². The molecule has 0 aliphatic heterocycles. The number of aliphatic hydroxyl groups excluding tert-OH is 1. The van der Waals surface area contributed by atoms with Crippen LogP contribution >= 0.6 is 0 Å². The number of carbonyl (C=O) groups excluding carboxylic acids is 1. The summed E-state index contributed by atoms with van der Waals surface area (Å²) >= 11 is 0. The van der Waals surface area contributed by atoms with E-state index in [4.69, 9.17) is 10.2 Å². The SMILES string of the molecule is O=C(CCC1CCCCC1)N[C@@H](CO)C(=O)O. The number of hydrogen-bond donors (Lipinski definition) is 3. The van der Waals surface area contributed by atoms with Gasteiger partial charge in [0.15, 0.2) is 0 Å². The summed E-state index contributed by atoms with van der Waals surface area (Å²) < 4.78 is 0. The maximum absolute atomic E-state index is 11.5. The van der Waals surface area contributed by atoms with Gasteiger partial charge in [0.1, 0.15) is 6.04 Å². The van der Waals surface area contributed by atoms with E-state index in [0.717, 1.165) is 6.42 Å². The molecule has 0 aromatic carbocycles. The minimum absolute atomic E-state index is 0.281. The summed E-state index contributed by atoms with van der Waals surface area (Å²) in [4.78, 5) is 22.1. The van der Waals surface area contributed by atoms with Crippen LogP contribution < -0.4 is 5.32 Å². The number of rotatable bonds is 6. The van der Waals surface area contributed by atoms with Crippen molar-refractivity contribution in [2.24, 2.45) is 5.92 Å². The van der Waals surface area contributed by atoms with Crippen molar-refractivity contribution in [1.82, 2.24) is 5.32 Å². The molecule has 1 atom stereocenters. The predicted molar refractivity (Wildman–Crippen MR) is 62.5 cm³/mol. The van der Waals surface area contributed by atoms with Crippen LogP contribution in [0.15, 0.2) is 0 Å². The van der Waals surface area contributed by atoms with E-state index < -0.39 is 18.6 Å². The molecule has 1 rings (SSSR count). The highest BCUT2D eigenvalue weighted by molar-refractivity contribution is 5.83. The number of carboxylic acid groups (broad SMARTS) is 1. The molecule has 5 nitrogen and oxygen atoms in total. The molecule has 0 aromatic rings. The fourth-order valence-corrected chi connectivity index (χ4v) is 2.26. The molecule has 17 heavy (non-hydrogen) atoms. The summed E-state index contributed by atoms with van der Waals surface area (Å²) in [6, 6.07) is -1.17. The Bertz CT molecular complexity index is 261. The summed E-state index contributed by atoms with van der Waals surface area (Å²) in [5.74, 6) is -0.873. The normalized spacial score (nSPS) is 18.6. The zero-order valence-corrected chi connectivity index (χ0v) is 10.0. The number of aliphatic carboxylic acids is 1. The van der Waals surface area contributed by atoms with Gasteiger partial charge < -0.3 is 15.5 Å². The number of nitrogens with one attached hydrogen (secondary N) is 1. The third kappa shape index (κ3) is 5.17. The Balaban J connectivity index is 2.21. The molecule has 0 aromatic heterocycles. The van der Waals surface area contributed by atoms with E-state index in [1.807, 2.05) is 0 Å². The zero-order chi connectivity index (χ0) is 12.7. The van der Waals surface area contributed by atoms with E-state index in [0.29, 0.717) is 12.3 Å². The summed E-state index contributed by atoms with van der Waals surface area (Å²) in [6.45, 7) is -0.565. The standard InChI is InChI=1S/C12H21NO4/c14-8-10(12(16)17)13-11(15)7-6-9-4-2-1-3-5-9/h9-10,14H,1-8H2,(H,13,15)(H,16,17)/t10-/m0/s1. The van der Waals surface area contributed by atoms with Gasteiger partial charge in [0.25, 0.3) is 0 Å². The molecule has 1 fully saturated rings. The van der Waals surface area contributed by atoms with Crippen molar-refractivity contribution in [2.75, 3.05) is 6.61 Å². The third-order valence-electron chi connectivity index (χ3n) is 3.32. The van der Waals surface area contributed by atoms with Crippen LogP contribution in [-0.4, -0.2) is 34.7 Å². The topological polar surface area (TPSA) is 86.6 Å². The van der Waals surface area contributed by atoms with Crippen molar-refractivity contribution < 1.29 is 19.8 Å². The molecule has 0 unspecified atom stereocenters. The van der Waals surface area contributed by atoms with Gasteiger partial charge in [-0.2, -0.15) is 0 Å². The lowest BCUT2D eigenvalue weighted by Crippen LogP contribution is -2.43. The Labute approximate surface area is 101 Å². The second-order valence-electron chi connectivity index (χ2n) is 4.68. The third-order valence-corrected chi connectivity index (χ3v) is 3.32. The Kier molecular flexibility index (Phi) is 5.97. The van der Waals surface area contributed by atoms with E-state index in [9.17, 15) is 9.59 Å². The van der Waals surface area contributed by atoms with Gasteiger partial charge in [-0.15, -0.1) is 0 Å². The van der Waals surface area contributed by atoms with Crippen LogP contribution in [0.3, 0.4) is 0 Å². The van der Waals surface area contributed by atoms with Crippen LogP contribution in [0.25, 0.3) is 0 Å². The lowest BCUT2D eigenvalue weighted by Gasteiger charge is -2.21. The average molecular weight is 243 g/mol. The van der Waals surface area contributed by atoms with E-state index in [-0.39, 0.29) is 5.91 Å². The van der Waals surface area contributed by atoms with Crippen LogP contribution in [0, 0.1) is 5.92 Å². The van der Waals surface area contributed by atoms with Crippen molar-refractivity contribution in [3.8, 4) is 0 Å². The molecule has 98 valence electrons. The predicted octanol–water partition coefficient (Wildman–Crippen LogP) is 0.909. The number of amides is 1. The first-order valence-corrected chi connectivity index (χ1v) is 6.26. The van der Waals surface area contributed by atoms with Crippen LogP contribution in [0.5, 0.6) is 0 Å². The summed E-state index contributed by atoms with van der Waals surface area (Å²) in [5.41, 5.74) is 0. The Morgan fingerprint density at radius 3 is 2.41 bits per heavy atom. The van der Waals surface area contributed by atoms with Gasteiger partial charge in [0, 0.05) is 6.42 Å². The molecule has 0 bridgehead atoms. The molecule has 0 saturated heterocycles. The Morgan fingerprint density at radius 2 is 1.88 bits per heavy atom. The molecular formula is C12H21NO4. The first-order chi connectivity index (χ1) is 8.13. The smallest absolute Gasteiger partial charge is 0.328 e. The number of hydrogen-bond acceptors (Lipinski definition) is 3. The van der Waals surface area contributed by atoms with Crippen LogP contribution in [0.4, 0.5) is 0 Å². The summed E-state index contributed by atoms with van der Waals surface area (Å²) in [6.07, 6.45) is 7.29. The average Bonchev–Trinajstić information content (AvgIpc) is 2.34. The first kappa shape index (κ1) is 14.0. The molecule has 3 N–H and O–H groups in total. The fraction of sp³-hybridized carbons (Fsp3) is 0.833. The van der Waals surface area contributed by atoms with Gasteiger partial charge in [0.2, 0.25) is 5.91 Å². The quantitative estimate of drug-likeness (QED) is 0.647. The maximum Gasteiger partial charge on any atom is 0.328 e. The van der Waals surface area contributed by atoms with Crippen molar-refractivity contribution >= 4 is 11.9 Å². The summed E-state index contributed by atoms with van der Waals surface area (Å²) in [5, 5.41) is 19.7. The number of aliphatic hydroxyl groups is 1. The molecule has 0 heterocycles. The van der Waals surface area contributed by atoms with E-state index >= 15 is 0 Å². The first-order valence-electron chi connectivity index (χ1n) is 6.26. The molecule has 1 aliphatic carbocycles. The van der Waals surface area contributed by atoms with Gasteiger partial charge in [-0.3, -0.25) is 4.79 Å². The largest absolute Gasteiger partial charge is 0.480 e. The molecule has 1 amide bonds. The minimum atomic E-state index is -1.20. The molecule has 0 spiro atoms. The molecule has 1 aliphatic rings. The molecule has 1 saturated carbocycles. The molecule has 0 radical (unpaired) electrons. The van der Waals surface area contributed by atoms with Gasteiger partial charge in [-0.25, -0.2) is 4.79 Å². The summed E-state index contributed by atoms with van der Waals surface area (Å²) in [7, 11) is 0. The van der Waals surface area contributed by atoms with Crippen LogP contribution in [0.1, 0.15) is 44.9 Å². The van der Waals surface area contributed by atoms with Crippen molar-refractivity contribution in [2.45, 2.75) is 51.0 Å². The Morgan fingerprint density at radius 1 is 1.24 bits per heavy atom. The lowest BCUT2D eigenvalue weighted by atomic mass is 9.86. The highest BCUT2D eigenvalue weighted by Crippen LogP contribution is 2.27. The van der Waals surface area contributed by atoms with E-state index in [2.05, 4.69) is 5.32 Å². The maximum atomic E-state index is 11.5. The van der Waals surface area contributed by atoms with Crippen molar-refractivity contribution in [3.63, 3.8) is 0 Å². The van der Waals surface area contributed by atoms with Crippen molar-refractivity contribution in [1.29, 1.82) is 0 Å². The highest BCUT2D eigenvalue weighted by atomic mass is 16.4. The second kappa shape index (κ2) is 7.27. The monoisotopic (exact) mass is 243 g/mol. The second-order valence-corrected chi connectivity index (χ2v) is 4.68. The van der Waals surface area contributed by atoms with Gasteiger partial charge in [-0.05, 0) is 12.3 Å². The van der Waals surface area contributed by atoms with Gasteiger partial charge in [-0.1, -0.05) is 32.1 Å². The fourth-order valence-electron chi connectivity index (χ4n) is 2.26. The van der Waals surface area contributed by atoms with Crippen LogP contribution in [0.2, 0.25) is 0 Å². The molecular weight excluding hydrogens is 222 g/mol. The van der Waals surface area contributed by atoms with Crippen molar-refractivity contribution in [3.05, 3.63) is 0 Å². The van der Waals surface area contributed by atoms with E-state index in [1.54, 1.807) is 0 Å². The van der Waals surface area contributed by atoms with Gasteiger partial charge >= 0.3 is 5.97 Å². The minimum Gasteiger partial charge on any atom is -0.480 e. The number of carboxylic acids is 1. The molecule has 5 heteroatoms.